The molecule has 0 saturated heterocycles. The minimum atomic E-state index is 0.380. The van der Waals surface area contributed by atoms with Crippen molar-refractivity contribution in [1.82, 2.24) is 4.98 Å². The van der Waals surface area contributed by atoms with Crippen molar-refractivity contribution < 1.29 is 9.15 Å². The third kappa shape index (κ3) is 3.77. The molecular weight excluding hydrogens is 290 g/mol. The van der Waals surface area contributed by atoms with E-state index in [4.69, 9.17) is 9.15 Å². The predicted octanol–water partition coefficient (Wildman–Crippen LogP) is 3.94. The van der Waals surface area contributed by atoms with Gasteiger partial charge < -0.3 is 9.15 Å². The Kier molecular flexibility index (Phi) is 4.69. The smallest absolute Gasteiger partial charge is 0.305 e. The third-order valence-corrected chi connectivity index (χ3v) is 3.09. The molecule has 5 nitrogen and oxygen atoms in total. The number of nitrogens with one attached hydrogen (secondary N) is 1. The fraction of sp³-hybridized carbons (Fsp3) is 0.111. The number of hydrazone groups is 1. The van der Waals surface area contributed by atoms with Crippen molar-refractivity contribution in [2.45, 2.75) is 6.92 Å². The van der Waals surface area contributed by atoms with E-state index in [-0.39, 0.29) is 0 Å². The van der Waals surface area contributed by atoms with Gasteiger partial charge in [-0.1, -0.05) is 48.5 Å². The average molecular weight is 307 g/mol. The molecule has 3 aromatic rings. The summed E-state index contributed by atoms with van der Waals surface area (Å²) in [6.07, 6.45) is 1.56. The maximum absolute atomic E-state index is 5.62. The van der Waals surface area contributed by atoms with Gasteiger partial charge in [-0.3, -0.25) is 5.43 Å². The van der Waals surface area contributed by atoms with Crippen LogP contribution in [0.2, 0.25) is 0 Å². The molecule has 1 heterocycles. The van der Waals surface area contributed by atoms with E-state index in [2.05, 4.69) is 15.5 Å². The fourth-order valence-electron chi connectivity index (χ4n) is 2.04. The summed E-state index contributed by atoms with van der Waals surface area (Å²) in [5.74, 6) is 0.786. The first-order valence-electron chi connectivity index (χ1n) is 7.40. The van der Waals surface area contributed by atoms with Crippen molar-refractivity contribution >= 4 is 11.4 Å². The summed E-state index contributed by atoms with van der Waals surface area (Å²) in [7, 11) is 0. The van der Waals surface area contributed by atoms with Gasteiger partial charge in [0.2, 0.25) is 0 Å². The van der Waals surface area contributed by atoms with Gasteiger partial charge in [-0.15, -0.1) is 0 Å². The van der Waals surface area contributed by atoms with Crippen molar-refractivity contribution in [1.29, 1.82) is 0 Å². The summed E-state index contributed by atoms with van der Waals surface area (Å²) in [6.45, 7) is 2.42. The van der Waals surface area contributed by atoms with Crippen molar-refractivity contribution in [3.05, 3.63) is 78.3 Å². The molecule has 0 spiro atoms. The number of anilines is 1. The van der Waals surface area contributed by atoms with Gasteiger partial charge in [0, 0.05) is 5.56 Å². The summed E-state index contributed by atoms with van der Waals surface area (Å²) >= 11 is 0. The quantitative estimate of drug-likeness (QED) is 0.553. The minimum absolute atomic E-state index is 0.380. The van der Waals surface area contributed by atoms with Crippen LogP contribution in [0.3, 0.4) is 0 Å². The zero-order valence-corrected chi connectivity index (χ0v) is 12.8. The summed E-state index contributed by atoms with van der Waals surface area (Å²) in [6, 6.07) is 19.5. The molecule has 0 atom stereocenters. The van der Waals surface area contributed by atoms with Gasteiger partial charge >= 0.3 is 5.95 Å². The second kappa shape index (κ2) is 7.26. The molecule has 0 unspecified atom stereocenters. The number of oxazole rings is 1. The lowest BCUT2D eigenvalue weighted by Crippen LogP contribution is -2.07. The number of ether oxygens (including phenoxy) is 1. The van der Waals surface area contributed by atoms with Gasteiger partial charge in [-0.25, -0.2) is 4.98 Å². The van der Waals surface area contributed by atoms with Crippen molar-refractivity contribution in [3.8, 4) is 5.95 Å². The molecule has 0 amide bonds. The lowest BCUT2D eigenvalue weighted by molar-refractivity contribution is 0.256. The minimum Gasteiger partial charge on any atom is -0.464 e. The molecular formula is C18H17N3O2. The van der Waals surface area contributed by atoms with E-state index < -0.39 is 0 Å². The van der Waals surface area contributed by atoms with Gasteiger partial charge in [0.25, 0.3) is 5.89 Å². The Bertz CT molecular complexity index is 767. The number of para-hydroxylation sites is 1. The highest BCUT2D eigenvalue weighted by molar-refractivity contribution is 6.10. The summed E-state index contributed by atoms with van der Waals surface area (Å²) in [4.78, 5) is 4.26. The molecule has 5 heteroatoms. The Morgan fingerprint density at radius 2 is 1.78 bits per heavy atom. The van der Waals surface area contributed by atoms with Crippen LogP contribution >= 0.6 is 0 Å². The second-order valence-electron chi connectivity index (χ2n) is 4.72. The molecule has 1 aromatic heterocycles. The largest absolute Gasteiger partial charge is 0.464 e. The number of hydrogen-bond donors (Lipinski definition) is 1. The van der Waals surface area contributed by atoms with Crippen LogP contribution in [0.25, 0.3) is 0 Å². The van der Waals surface area contributed by atoms with Crippen LogP contribution in [0.5, 0.6) is 5.95 Å². The summed E-state index contributed by atoms with van der Waals surface area (Å²) < 4.78 is 11.0. The summed E-state index contributed by atoms with van der Waals surface area (Å²) in [5, 5.41) is 4.46. The molecule has 0 aliphatic rings. The predicted molar refractivity (Wildman–Crippen MR) is 89.8 cm³/mol. The van der Waals surface area contributed by atoms with Gasteiger partial charge in [-0.05, 0) is 19.1 Å². The first-order chi connectivity index (χ1) is 11.4. The number of hydrogen-bond acceptors (Lipinski definition) is 5. The SMILES string of the molecule is CCOc1cnc(C(=NNc2ccccc2)c2ccccc2)o1. The summed E-state index contributed by atoms with van der Waals surface area (Å²) in [5.41, 5.74) is 5.43. The molecule has 0 bridgehead atoms. The number of aromatic nitrogens is 1. The van der Waals surface area contributed by atoms with Gasteiger partial charge in [-0.2, -0.15) is 5.10 Å². The van der Waals surface area contributed by atoms with Crippen LogP contribution < -0.4 is 10.2 Å². The van der Waals surface area contributed by atoms with E-state index >= 15 is 0 Å². The molecule has 0 radical (unpaired) electrons. The molecule has 2 aromatic carbocycles. The van der Waals surface area contributed by atoms with Gasteiger partial charge in [0.15, 0.2) is 5.71 Å². The van der Waals surface area contributed by atoms with E-state index in [1.807, 2.05) is 67.6 Å². The molecule has 3 rings (SSSR count). The van der Waals surface area contributed by atoms with Crippen LogP contribution in [0.1, 0.15) is 18.4 Å². The van der Waals surface area contributed by atoms with Crippen LogP contribution in [-0.2, 0) is 0 Å². The molecule has 0 fully saturated rings. The van der Waals surface area contributed by atoms with E-state index in [9.17, 15) is 0 Å². The Morgan fingerprint density at radius 1 is 1.09 bits per heavy atom. The molecule has 116 valence electrons. The highest BCUT2D eigenvalue weighted by Crippen LogP contribution is 2.17. The number of nitrogens with zero attached hydrogens (tertiary/aromatic N) is 2. The monoisotopic (exact) mass is 307 g/mol. The van der Waals surface area contributed by atoms with Crippen molar-refractivity contribution in [2.75, 3.05) is 12.0 Å². The number of benzene rings is 2. The second-order valence-corrected chi connectivity index (χ2v) is 4.72. The Labute approximate surface area is 134 Å². The van der Waals surface area contributed by atoms with E-state index in [1.54, 1.807) is 6.20 Å². The topological polar surface area (TPSA) is 59.7 Å². The highest BCUT2D eigenvalue weighted by atomic mass is 16.6. The standard InChI is InChI=1S/C18H17N3O2/c1-2-22-16-13-19-18(23-16)17(14-9-5-3-6-10-14)21-20-15-11-7-4-8-12-15/h3-13,20H,2H2,1H3. The zero-order chi connectivity index (χ0) is 15.9. The van der Waals surface area contributed by atoms with Crippen LogP contribution in [0, 0.1) is 0 Å². The Hall–Kier alpha value is -3.08. The van der Waals surface area contributed by atoms with E-state index in [0.717, 1.165) is 11.3 Å². The molecule has 0 aliphatic carbocycles. The molecule has 23 heavy (non-hydrogen) atoms. The van der Waals surface area contributed by atoms with E-state index in [1.165, 1.54) is 0 Å². The van der Waals surface area contributed by atoms with Crippen molar-refractivity contribution in [3.63, 3.8) is 0 Å². The lowest BCUT2D eigenvalue weighted by Gasteiger charge is -2.05. The maximum atomic E-state index is 5.62. The Morgan fingerprint density at radius 3 is 2.48 bits per heavy atom. The Balaban J connectivity index is 1.93. The molecule has 0 saturated carbocycles. The van der Waals surface area contributed by atoms with Gasteiger partial charge in [0.05, 0.1) is 12.3 Å². The fourth-order valence-corrected chi connectivity index (χ4v) is 2.04. The van der Waals surface area contributed by atoms with Crippen LogP contribution in [-0.4, -0.2) is 17.3 Å². The third-order valence-electron chi connectivity index (χ3n) is 3.09. The maximum Gasteiger partial charge on any atom is 0.305 e. The zero-order valence-electron chi connectivity index (χ0n) is 12.8. The van der Waals surface area contributed by atoms with E-state index in [0.29, 0.717) is 24.2 Å². The molecule has 1 N–H and O–H groups in total. The normalized spacial score (nSPS) is 11.3. The lowest BCUT2D eigenvalue weighted by atomic mass is 10.1. The first-order valence-corrected chi connectivity index (χ1v) is 7.40. The first kappa shape index (κ1) is 14.8. The van der Waals surface area contributed by atoms with Gasteiger partial charge in [0.1, 0.15) is 6.20 Å². The number of rotatable bonds is 6. The average Bonchev–Trinajstić information content (AvgIpc) is 3.06. The van der Waals surface area contributed by atoms with Crippen LogP contribution in [0.15, 0.2) is 76.4 Å². The molecule has 0 aliphatic heterocycles. The van der Waals surface area contributed by atoms with Crippen molar-refractivity contribution in [2.24, 2.45) is 5.10 Å². The highest BCUT2D eigenvalue weighted by Gasteiger charge is 2.14. The van der Waals surface area contributed by atoms with Crippen LogP contribution in [0.4, 0.5) is 5.69 Å².